The zero-order valence-corrected chi connectivity index (χ0v) is 17.4. The molecule has 146 valence electrons. The number of rotatable bonds is 5. The molecule has 1 aromatic carbocycles. The van der Waals surface area contributed by atoms with Crippen LogP contribution in [0.4, 0.5) is 0 Å². The van der Waals surface area contributed by atoms with Crippen LogP contribution in [0.1, 0.15) is 11.1 Å². The van der Waals surface area contributed by atoms with E-state index in [0.717, 1.165) is 55.8 Å². The van der Waals surface area contributed by atoms with Crippen LogP contribution in [0, 0.1) is 4.77 Å². The largest absolute Gasteiger partial charge is 0.493 e. The molecule has 2 aliphatic heterocycles. The van der Waals surface area contributed by atoms with Crippen LogP contribution >= 0.6 is 23.6 Å². The maximum absolute atomic E-state index is 5.62. The van der Waals surface area contributed by atoms with E-state index in [4.69, 9.17) is 17.0 Å². The van der Waals surface area contributed by atoms with Crippen molar-refractivity contribution in [2.24, 2.45) is 0 Å². The van der Waals surface area contributed by atoms with Crippen molar-refractivity contribution in [3.05, 3.63) is 51.6 Å². The summed E-state index contributed by atoms with van der Waals surface area (Å²) in [6.07, 6.45) is 1.05. The highest BCUT2D eigenvalue weighted by Gasteiger charge is 2.24. The second-order valence-corrected chi connectivity index (χ2v) is 8.95. The molecule has 1 fully saturated rings. The van der Waals surface area contributed by atoms with Gasteiger partial charge in [0.2, 0.25) is 4.77 Å². The van der Waals surface area contributed by atoms with Gasteiger partial charge in [0.05, 0.1) is 11.5 Å². The van der Waals surface area contributed by atoms with E-state index in [-0.39, 0.29) is 0 Å². The number of fused-ring (bicyclic) bond motifs is 1. The van der Waals surface area contributed by atoms with Gasteiger partial charge in [-0.15, -0.1) is 11.3 Å². The van der Waals surface area contributed by atoms with Gasteiger partial charge in [0.15, 0.2) is 12.5 Å². The van der Waals surface area contributed by atoms with Crippen molar-refractivity contribution >= 4 is 23.6 Å². The highest BCUT2D eigenvalue weighted by molar-refractivity contribution is 7.71. The fourth-order valence-electron chi connectivity index (χ4n) is 4.14. The number of thiophene rings is 1. The molecule has 3 aromatic rings. The normalized spacial score (nSPS) is 21.4. The number of hydrogen-bond acceptors (Lipinski definition) is 4. The monoisotopic (exact) mass is 415 g/mol. The number of H-pyrrole nitrogens is 1. The highest BCUT2D eigenvalue weighted by Crippen LogP contribution is 2.25. The first-order valence-corrected chi connectivity index (χ1v) is 11.2. The predicted octanol–water partition coefficient (Wildman–Crippen LogP) is 0.545. The first kappa shape index (κ1) is 18.1. The maximum Gasteiger partial charge on any atom is 0.221 e. The molecule has 0 saturated carbocycles. The summed E-state index contributed by atoms with van der Waals surface area (Å²) in [6, 6.07) is 10.8. The van der Waals surface area contributed by atoms with Crippen LogP contribution in [0.2, 0.25) is 0 Å². The van der Waals surface area contributed by atoms with Gasteiger partial charge in [-0.3, -0.25) is 5.10 Å². The molecule has 0 bridgehead atoms. The van der Waals surface area contributed by atoms with E-state index in [1.54, 1.807) is 21.1 Å². The van der Waals surface area contributed by atoms with Gasteiger partial charge in [0.1, 0.15) is 38.5 Å². The molecular weight excluding hydrogens is 390 g/mol. The van der Waals surface area contributed by atoms with E-state index in [0.29, 0.717) is 4.77 Å². The van der Waals surface area contributed by atoms with Crippen molar-refractivity contribution in [3.8, 4) is 16.5 Å². The molecule has 6 nitrogen and oxygen atoms in total. The molecule has 4 heterocycles. The van der Waals surface area contributed by atoms with Gasteiger partial charge < -0.3 is 14.5 Å². The minimum Gasteiger partial charge on any atom is -0.493 e. The van der Waals surface area contributed by atoms with Crippen molar-refractivity contribution in [3.63, 3.8) is 0 Å². The lowest BCUT2D eigenvalue weighted by atomic mass is 10.1. The van der Waals surface area contributed by atoms with Gasteiger partial charge in [-0.05, 0) is 47.4 Å². The second kappa shape index (κ2) is 7.79. The lowest BCUT2D eigenvalue weighted by molar-refractivity contribution is -1.03. The fraction of sp³-hybridized carbons (Fsp3) is 0.400. The maximum atomic E-state index is 5.62. The van der Waals surface area contributed by atoms with Crippen LogP contribution in [0.15, 0.2) is 35.7 Å². The summed E-state index contributed by atoms with van der Waals surface area (Å²) in [4.78, 5) is 8.88. The van der Waals surface area contributed by atoms with Gasteiger partial charge in [0.25, 0.3) is 0 Å². The van der Waals surface area contributed by atoms with Crippen LogP contribution in [-0.2, 0) is 19.6 Å². The van der Waals surface area contributed by atoms with E-state index in [1.807, 2.05) is 10.7 Å². The van der Waals surface area contributed by atoms with Crippen molar-refractivity contribution in [2.75, 3.05) is 32.8 Å². The Morgan fingerprint density at radius 3 is 2.86 bits per heavy atom. The topological polar surface area (TPSA) is 51.7 Å². The van der Waals surface area contributed by atoms with Gasteiger partial charge in [-0.1, -0.05) is 6.07 Å². The molecule has 2 aromatic heterocycles. The lowest BCUT2D eigenvalue weighted by Crippen LogP contribution is -3.27. The van der Waals surface area contributed by atoms with Crippen molar-refractivity contribution in [1.29, 1.82) is 0 Å². The molecular formula is C20H25N5OS2+2. The smallest absolute Gasteiger partial charge is 0.221 e. The number of quaternary nitrogens is 2. The quantitative estimate of drug-likeness (QED) is 0.534. The Hall–Kier alpha value is -2.00. The van der Waals surface area contributed by atoms with Gasteiger partial charge >= 0.3 is 0 Å². The minimum absolute atomic E-state index is 0.644. The number of ether oxygens (including phenoxy) is 1. The third kappa shape index (κ3) is 3.77. The van der Waals surface area contributed by atoms with Crippen molar-refractivity contribution in [1.82, 2.24) is 14.8 Å². The number of benzene rings is 1. The zero-order valence-electron chi connectivity index (χ0n) is 15.7. The summed E-state index contributed by atoms with van der Waals surface area (Å²) >= 11 is 7.14. The Morgan fingerprint density at radius 1 is 1.18 bits per heavy atom. The molecule has 1 saturated heterocycles. The highest BCUT2D eigenvalue weighted by atomic mass is 32.1. The van der Waals surface area contributed by atoms with E-state index >= 15 is 0 Å². The van der Waals surface area contributed by atoms with Crippen molar-refractivity contribution < 1.29 is 14.5 Å². The van der Waals surface area contributed by atoms with Crippen LogP contribution < -0.4 is 14.5 Å². The standard InChI is InChI=1S/C20H23N5OS2/c27-20-21-19(18-2-1-11-28-18)22-25(20)14-24-8-6-23(7-9-24)13-15-3-4-17-16(12-15)5-10-26-17/h1-4,11-12H,5-10,13-14H2,(H,21,22,27)/p+2. The Labute approximate surface area is 173 Å². The number of hydrogen-bond donors (Lipinski definition) is 3. The molecule has 3 N–H and O–H groups in total. The van der Waals surface area contributed by atoms with E-state index in [1.165, 1.54) is 24.2 Å². The van der Waals surface area contributed by atoms with Crippen LogP contribution in [0.3, 0.4) is 0 Å². The molecule has 0 amide bonds. The number of aromatic amines is 1. The van der Waals surface area contributed by atoms with Gasteiger partial charge in [-0.25, -0.2) is 4.68 Å². The number of nitrogens with zero attached hydrogens (tertiary/aromatic N) is 2. The number of piperazine rings is 1. The molecule has 0 radical (unpaired) electrons. The first-order valence-electron chi connectivity index (χ1n) is 9.87. The summed E-state index contributed by atoms with van der Waals surface area (Å²) in [7, 11) is 0. The molecule has 0 aliphatic carbocycles. The second-order valence-electron chi connectivity index (χ2n) is 7.64. The Balaban J connectivity index is 1.17. The predicted molar refractivity (Wildman–Crippen MR) is 111 cm³/mol. The molecule has 0 unspecified atom stereocenters. The third-order valence-electron chi connectivity index (χ3n) is 5.69. The zero-order chi connectivity index (χ0) is 18.9. The van der Waals surface area contributed by atoms with Crippen molar-refractivity contribution in [2.45, 2.75) is 19.6 Å². The van der Waals surface area contributed by atoms with E-state index in [2.05, 4.69) is 39.7 Å². The first-order chi connectivity index (χ1) is 13.7. The van der Waals surface area contributed by atoms with Crippen LogP contribution in [-0.4, -0.2) is 47.6 Å². The number of aromatic nitrogens is 3. The molecule has 0 atom stereocenters. The summed E-state index contributed by atoms with van der Waals surface area (Å²) in [5.41, 5.74) is 2.80. The van der Waals surface area contributed by atoms with E-state index in [9.17, 15) is 0 Å². The third-order valence-corrected chi connectivity index (χ3v) is 6.88. The summed E-state index contributed by atoms with van der Waals surface area (Å²) < 4.78 is 8.28. The molecule has 8 heteroatoms. The summed E-state index contributed by atoms with van der Waals surface area (Å²) in [5.74, 6) is 1.95. The molecule has 28 heavy (non-hydrogen) atoms. The van der Waals surface area contributed by atoms with Crippen LogP contribution in [0.25, 0.3) is 10.7 Å². The molecule has 5 rings (SSSR count). The Kier molecular flexibility index (Phi) is 5.02. The SMILES string of the molecule is S=c1nc(-c2cccs2)[nH]n1C[NH+]1CC[NH+](Cc2ccc3c(c2)CCO3)CC1. The fourth-order valence-corrected chi connectivity index (χ4v) is 5.01. The molecule has 2 aliphatic rings. The van der Waals surface area contributed by atoms with Gasteiger partial charge in [-0.2, -0.15) is 4.98 Å². The Bertz CT molecular complexity index is 1000. The summed E-state index contributed by atoms with van der Waals surface area (Å²) in [5, 5.41) is 5.44. The van der Waals surface area contributed by atoms with Gasteiger partial charge in [0, 0.05) is 12.0 Å². The average molecular weight is 416 g/mol. The average Bonchev–Trinajstić information content (AvgIpc) is 3.45. The Morgan fingerprint density at radius 2 is 2.04 bits per heavy atom. The van der Waals surface area contributed by atoms with Crippen LogP contribution in [0.5, 0.6) is 5.75 Å². The summed E-state index contributed by atoms with van der Waals surface area (Å²) in [6.45, 7) is 7.46. The van der Waals surface area contributed by atoms with E-state index < -0.39 is 0 Å². The molecule has 0 spiro atoms. The lowest BCUT2D eigenvalue weighted by Gasteiger charge is -2.29. The minimum atomic E-state index is 0.644. The number of nitrogens with one attached hydrogen (secondary N) is 3.